The predicted molar refractivity (Wildman–Crippen MR) is 86.6 cm³/mol. The first-order valence-electron chi connectivity index (χ1n) is 7.13. The van der Waals surface area contributed by atoms with E-state index in [1.807, 2.05) is 13.1 Å². The lowest BCUT2D eigenvalue weighted by atomic mass is 9.72. The normalized spacial score (nSPS) is 29.2. The monoisotopic (exact) mass is 375 g/mol. The third-order valence-electron chi connectivity index (χ3n) is 4.29. The van der Waals surface area contributed by atoms with Gasteiger partial charge in [-0.25, -0.2) is 4.39 Å². The van der Waals surface area contributed by atoms with Crippen LogP contribution in [0.3, 0.4) is 0 Å². The second kappa shape index (κ2) is 6.53. The molecule has 1 aliphatic carbocycles. The molecule has 0 radical (unpaired) electrons. The Labute approximate surface area is 129 Å². The fourth-order valence-corrected chi connectivity index (χ4v) is 4.49. The Balaban J connectivity index is 2.23. The van der Waals surface area contributed by atoms with Crippen molar-refractivity contribution >= 4 is 22.6 Å². The molecule has 3 unspecified atom stereocenters. The van der Waals surface area contributed by atoms with Crippen LogP contribution in [0.15, 0.2) is 18.2 Å². The average Bonchev–Trinajstić information content (AvgIpc) is 2.31. The quantitative estimate of drug-likeness (QED) is 0.751. The zero-order chi connectivity index (χ0) is 14.0. The Kier molecular flexibility index (Phi) is 5.23. The molecular formula is C16H23FIN. The molecule has 0 heterocycles. The highest BCUT2D eigenvalue weighted by Gasteiger charge is 2.30. The van der Waals surface area contributed by atoms with Crippen molar-refractivity contribution in [3.63, 3.8) is 0 Å². The Bertz CT molecular complexity index is 425. The predicted octanol–water partition coefficient (Wildman–Crippen LogP) is 4.76. The maximum Gasteiger partial charge on any atom is 0.124 e. The molecule has 3 heteroatoms. The molecule has 1 nitrogen and oxygen atoms in total. The molecule has 1 N–H and O–H groups in total. The van der Waals surface area contributed by atoms with E-state index in [0.29, 0.717) is 12.0 Å². The molecule has 0 bridgehead atoms. The average molecular weight is 375 g/mol. The number of hydrogen-bond acceptors (Lipinski definition) is 1. The number of hydrogen-bond donors (Lipinski definition) is 1. The lowest BCUT2D eigenvalue weighted by Crippen LogP contribution is -2.32. The topological polar surface area (TPSA) is 12.0 Å². The van der Waals surface area contributed by atoms with Crippen molar-refractivity contribution in [2.45, 2.75) is 39.2 Å². The van der Waals surface area contributed by atoms with Crippen LogP contribution in [0.25, 0.3) is 0 Å². The van der Waals surface area contributed by atoms with E-state index < -0.39 is 0 Å². The van der Waals surface area contributed by atoms with Gasteiger partial charge in [0.1, 0.15) is 5.82 Å². The van der Waals surface area contributed by atoms with Gasteiger partial charge < -0.3 is 5.32 Å². The molecule has 0 amide bonds. The summed E-state index contributed by atoms with van der Waals surface area (Å²) >= 11 is 2.25. The minimum absolute atomic E-state index is 0.145. The summed E-state index contributed by atoms with van der Waals surface area (Å²) < 4.78 is 14.3. The summed E-state index contributed by atoms with van der Waals surface area (Å²) in [7, 11) is 2.02. The van der Waals surface area contributed by atoms with Crippen molar-refractivity contribution in [3.05, 3.63) is 33.1 Å². The van der Waals surface area contributed by atoms with Crippen LogP contribution in [0.2, 0.25) is 0 Å². The van der Waals surface area contributed by atoms with Crippen LogP contribution in [0, 0.1) is 27.1 Å². The number of halogens is 2. The minimum Gasteiger partial charge on any atom is -0.313 e. The van der Waals surface area contributed by atoms with Gasteiger partial charge in [0.2, 0.25) is 0 Å². The van der Waals surface area contributed by atoms with E-state index >= 15 is 0 Å². The van der Waals surface area contributed by atoms with Crippen molar-refractivity contribution in [2.75, 3.05) is 7.05 Å². The Morgan fingerprint density at radius 1 is 1.21 bits per heavy atom. The van der Waals surface area contributed by atoms with Crippen molar-refractivity contribution in [2.24, 2.45) is 17.8 Å². The van der Waals surface area contributed by atoms with Gasteiger partial charge in [0.05, 0.1) is 0 Å². The third-order valence-corrected chi connectivity index (χ3v) is 5.23. The van der Waals surface area contributed by atoms with Gasteiger partial charge in [-0.15, -0.1) is 0 Å². The highest BCUT2D eigenvalue weighted by Crippen LogP contribution is 2.40. The molecule has 0 aromatic heterocycles. The summed E-state index contributed by atoms with van der Waals surface area (Å²) in [6.07, 6.45) is 3.88. The largest absolute Gasteiger partial charge is 0.313 e. The first-order chi connectivity index (χ1) is 9.01. The fourth-order valence-electron chi connectivity index (χ4n) is 3.68. The highest BCUT2D eigenvalue weighted by atomic mass is 127. The van der Waals surface area contributed by atoms with E-state index in [4.69, 9.17) is 0 Å². The van der Waals surface area contributed by atoms with E-state index in [1.165, 1.54) is 24.8 Å². The molecule has 1 fully saturated rings. The summed E-state index contributed by atoms with van der Waals surface area (Å²) in [5.41, 5.74) is 1.25. The van der Waals surface area contributed by atoms with Gasteiger partial charge in [0, 0.05) is 9.61 Å². The smallest absolute Gasteiger partial charge is 0.124 e. The van der Waals surface area contributed by atoms with Gasteiger partial charge in [-0.3, -0.25) is 0 Å². The Hall–Kier alpha value is -0.160. The molecule has 19 heavy (non-hydrogen) atoms. The Morgan fingerprint density at radius 2 is 1.84 bits per heavy atom. The fraction of sp³-hybridized carbons (Fsp3) is 0.625. The van der Waals surface area contributed by atoms with Crippen LogP contribution < -0.4 is 5.32 Å². The first-order valence-corrected chi connectivity index (χ1v) is 8.21. The van der Waals surface area contributed by atoms with Crippen LogP contribution >= 0.6 is 22.6 Å². The van der Waals surface area contributed by atoms with E-state index in [1.54, 1.807) is 12.1 Å². The standard InChI is InChI=1S/C16H23FIN/c1-10-6-11(2)8-12(7-10)16(19-3)14-5-4-13(17)9-15(14)18/h4-5,9-12,16,19H,6-8H2,1-3H3. The molecule has 2 rings (SSSR count). The van der Waals surface area contributed by atoms with Crippen molar-refractivity contribution < 1.29 is 4.39 Å². The Morgan fingerprint density at radius 3 is 2.37 bits per heavy atom. The molecule has 106 valence electrons. The van der Waals surface area contributed by atoms with Crippen LogP contribution in [-0.4, -0.2) is 7.05 Å². The second-order valence-corrected chi connectivity index (χ2v) is 7.27. The van der Waals surface area contributed by atoms with Gasteiger partial charge in [0.25, 0.3) is 0 Å². The molecule has 1 aromatic rings. The minimum atomic E-state index is -0.145. The van der Waals surface area contributed by atoms with Crippen LogP contribution in [0.1, 0.15) is 44.7 Å². The number of benzene rings is 1. The highest BCUT2D eigenvalue weighted by molar-refractivity contribution is 14.1. The van der Waals surface area contributed by atoms with E-state index in [0.717, 1.165) is 15.4 Å². The van der Waals surface area contributed by atoms with Crippen molar-refractivity contribution in [3.8, 4) is 0 Å². The SMILES string of the molecule is CNC(c1ccc(F)cc1I)C1CC(C)CC(C)C1. The lowest BCUT2D eigenvalue weighted by molar-refractivity contribution is 0.180. The molecule has 1 aromatic carbocycles. The summed E-state index contributed by atoms with van der Waals surface area (Å²) in [6.45, 7) is 4.70. The van der Waals surface area contributed by atoms with Crippen molar-refractivity contribution in [1.82, 2.24) is 5.32 Å². The van der Waals surface area contributed by atoms with Crippen LogP contribution in [-0.2, 0) is 0 Å². The summed E-state index contributed by atoms with van der Waals surface area (Å²) in [4.78, 5) is 0. The lowest BCUT2D eigenvalue weighted by Gasteiger charge is -2.37. The van der Waals surface area contributed by atoms with Gasteiger partial charge in [-0.1, -0.05) is 19.9 Å². The molecule has 1 saturated carbocycles. The zero-order valence-corrected chi connectivity index (χ0v) is 14.1. The zero-order valence-electron chi connectivity index (χ0n) is 11.9. The molecule has 3 atom stereocenters. The second-order valence-electron chi connectivity index (χ2n) is 6.11. The van der Waals surface area contributed by atoms with Crippen molar-refractivity contribution in [1.29, 1.82) is 0 Å². The van der Waals surface area contributed by atoms with Gasteiger partial charge >= 0.3 is 0 Å². The molecule has 0 saturated heterocycles. The number of nitrogens with one attached hydrogen (secondary N) is 1. The van der Waals surface area contributed by atoms with Gasteiger partial charge in [0.15, 0.2) is 0 Å². The van der Waals surface area contributed by atoms with Gasteiger partial charge in [-0.05, 0) is 84.4 Å². The van der Waals surface area contributed by atoms with Crippen LogP contribution in [0.5, 0.6) is 0 Å². The summed E-state index contributed by atoms with van der Waals surface area (Å²) in [6, 6.07) is 5.51. The molecular weight excluding hydrogens is 352 g/mol. The third kappa shape index (κ3) is 3.69. The van der Waals surface area contributed by atoms with E-state index in [9.17, 15) is 4.39 Å². The van der Waals surface area contributed by atoms with E-state index in [2.05, 4.69) is 41.8 Å². The van der Waals surface area contributed by atoms with E-state index in [-0.39, 0.29) is 5.82 Å². The molecule has 1 aliphatic rings. The first kappa shape index (κ1) is 15.2. The molecule has 0 aliphatic heterocycles. The summed E-state index contributed by atoms with van der Waals surface area (Å²) in [5, 5.41) is 3.46. The van der Waals surface area contributed by atoms with Crippen LogP contribution in [0.4, 0.5) is 4.39 Å². The summed E-state index contributed by atoms with van der Waals surface area (Å²) in [5.74, 6) is 2.10. The van der Waals surface area contributed by atoms with Gasteiger partial charge in [-0.2, -0.15) is 0 Å². The number of rotatable bonds is 3. The maximum absolute atomic E-state index is 13.3. The molecule has 0 spiro atoms. The maximum atomic E-state index is 13.3.